The summed E-state index contributed by atoms with van der Waals surface area (Å²) in [5, 5.41) is 6.86. The molecule has 0 saturated carbocycles. The number of ether oxygens (including phenoxy) is 1. The highest BCUT2D eigenvalue weighted by Gasteiger charge is 2.22. The maximum Gasteiger partial charge on any atom is 0.356 e. The van der Waals surface area contributed by atoms with Gasteiger partial charge in [0.2, 0.25) is 0 Å². The molecule has 1 N–H and O–H groups in total. The minimum atomic E-state index is -0.389. The number of carbonyl (C=O) groups is 1. The fourth-order valence-corrected chi connectivity index (χ4v) is 3.92. The summed E-state index contributed by atoms with van der Waals surface area (Å²) in [6.07, 6.45) is 3.16. The van der Waals surface area contributed by atoms with E-state index in [2.05, 4.69) is 67.1 Å². The highest BCUT2D eigenvalue weighted by molar-refractivity contribution is 9.10. The van der Waals surface area contributed by atoms with Gasteiger partial charge >= 0.3 is 5.97 Å². The quantitative estimate of drug-likeness (QED) is 0.524. The molecule has 1 saturated heterocycles. The number of esters is 1. The normalized spacial score (nSPS) is 16.5. The lowest BCUT2D eigenvalue weighted by molar-refractivity contribution is 0.0395. The molecule has 0 bridgehead atoms. The molecule has 1 unspecified atom stereocenters. The third kappa shape index (κ3) is 5.00. The van der Waals surface area contributed by atoms with Crippen molar-refractivity contribution in [3.63, 3.8) is 0 Å². The number of aromatic nitrogens is 2. The van der Waals surface area contributed by atoms with E-state index in [-0.39, 0.29) is 5.97 Å². The van der Waals surface area contributed by atoms with Crippen molar-refractivity contribution >= 4 is 21.9 Å². The van der Waals surface area contributed by atoms with Crippen molar-refractivity contribution in [1.82, 2.24) is 20.0 Å². The lowest BCUT2D eigenvalue weighted by Crippen LogP contribution is -2.48. The van der Waals surface area contributed by atoms with E-state index in [4.69, 9.17) is 9.15 Å². The van der Waals surface area contributed by atoms with E-state index in [9.17, 15) is 4.79 Å². The summed E-state index contributed by atoms with van der Waals surface area (Å²) in [6.45, 7) is 7.28. The molecule has 8 heteroatoms. The van der Waals surface area contributed by atoms with Gasteiger partial charge in [0.1, 0.15) is 12.3 Å². The van der Waals surface area contributed by atoms with Crippen LogP contribution in [-0.4, -0.2) is 65.3 Å². The number of furan rings is 1. The Morgan fingerprint density at radius 1 is 1.23 bits per heavy atom. The van der Waals surface area contributed by atoms with E-state index in [1.807, 2.05) is 0 Å². The molecule has 3 aromatic rings. The van der Waals surface area contributed by atoms with E-state index >= 15 is 0 Å². The third-order valence-corrected chi connectivity index (χ3v) is 6.09. The number of rotatable bonds is 7. The summed E-state index contributed by atoms with van der Waals surface area (Å²) in [4.78, 5) is 17.1. The maximum atomic E-state index is 12.2. The molecule has 158 valence electrons. The Kier molecular flexibility index (Phi) is 6.66. The lowest BCUT2D eigenvalue weighted by atomic mass is 10.1. The summed E-state index contributed by atoms with van der Waals surface area (Å²) < 4.78 is 11.6. The molecule has 3 heterocycles. The smallest absolute Gasteiger partial charge is 0.356 e. The van der Waals surface area contributed by atoms with Crippen LogP contribution in [0.25, 0.3) is 11.3 Å². The molecule has 0 radical (unpaired) electrons. The van der Waals surface area contributed by atoms with Crippen molar-refractivity contribution in [2.75, 3.05) is 39.3 Å². The Morgan fingerprint density at radius 2 is 2.00 bits per heavy atom. The second kappa shape index (κ2) is 9.59. The van der Waals surface area contributed by atoms with Gasteiger partial charge in [0, 0.05) is 48.8 Å². The predicted octanol–water partition coefficient (Wildman–Crippen LogP) is 3.97. The summed E-state index contributed by atoms with van der Waals surface area (Å²) in [5.41, 5.74) is 3.15. The number of H-pyrrole nitrogens is 1. The number of hydrogen-bond donors (Lipinski definition) is 1. The monoisotopic (exact) mass is 472 g/mol. The number of nitrogens with one attached hydrogen (secondary N) is 1. The fraction of sp³-hybridized carbons (Fsp3) is 0.364. The molecule has 1 fully saturated rings. The largest absolute Gasteiger partial charge is 0.472 e. The van der Waals surface area contributed by atoms with Gasteiger partial charge in [0.25, 0.3) is 0 Å². The lowest BCUT2D eigenvalue weighted by Gasteiger charge is -2.38. The molecule has 1 atom stereocenters. The molecule has 1 aromatic carbocycles. The van der Waals surface area contributed by atoms with Crippen molar-refractivity contribution in [2.45, 2.75) is 13.0 Å². The minimum absolute atomic E-state index is 0.347. The Labute approximate surface area is 184 Å². The standard InChI is InChI=1S/C22H25BrN4O3/c1-16(17-2-4-19(23)5-3-17)27-9-7-26(8-10-27)11-13-30-22(28)21-14-20(24-25-21)18-6-12-29-15-18/h2-6,12,14-16H,7-11,13H2,1H3,(H,24,25). The summed E-state index contributed by atoms with van der Waals surface area (Å²) in [6, 6.07) is 12.4. The summed E-state index contributed by atoms with van der Waals surface area (Å²) in [5.74, 6) is -0.389. The number of nitrogens with zero attached hydrogens (tertiary/aromatic N) is 3. The number of benzene rings is 1. The highest BCUT2D eigenvalue weighted by Crippen LogP contribution is 2.23. The van der Waals surface area contributed by atoms with Crippen molar-refractivity contribution in [2.24, 2.45) is 0 Å². The van der Waals surface area contributed by atoms with Crippen LogP contribution in [0.3, 0.4) is 0 Å². The number of carbonyl (C=O) groups excluding carboxylic acids is 1. The van der Waals surface area contributed by atoms with E-state index in [0.717, 1.165) is 42.8 Å². The first-order chi connectivity index (χ1) is 14.6. The second-order valence-electron chi connectivity index (χ2n) is 7.42. The molecule has 0 amide bonds. The average Bonchev–Trinajstić information content (AvgIpc) is 3.46. The maximum absolute atomic E-state index is 12.2. The zero-order valence-electron chi connectivity index (χ0n) is 16.9. The van der Waals surface area contributed by atoms with E-state index < -0.39 is 0 Å². The summed E-state index contributed by atoms with van der Waals surface area (Å²) in [7, 11) is 0. The van der Waals surface area contributed by atoms with Gasteiger partial charge in [-0.2, -0.15) is 5.10 Å². The van der Waals surface area contributed by atoms with Gasteiger partial charge in [0.05, 0.1) is 18.2 Å². The first-order valence-corrected chi connectivity index (χ1v) is 10.9. The van der Waals surface area contributed by atoms with Crippen molar-refractivity contribution in [1.29, 1.82) is 0 Å². The Hall–Kier alpha value is -2.42. The van der Waals surface area contributed by atoms with Gasteiger partial charge in [-0.15, -0.1) is 0 Å². The summed E-state index contributed by atoms with van der Waals surface area (Å²) >= 11 is 3.49. The van der Waals surface area contributed by atoms with Crippen LogP contribution in [0.15, 0.2) is 57.8 Å². The number of piperazine rings is 1. The highest BCUT2D eigenvalue weighted by atomic mass is 79.9. The predicted molar refractivity (Wildman–Crippen MR) is 117 cm³/mol. The molecule has 4 rings (SSSR count). The van der Waals surface area contributed by atoms with Gasteiger partial charge in [-0.25, -0.2) is 4.79 Å². The molecular weight excluding hydrogens is 448 g/mol. The van der Waals surface area contributed by atoms with Crippen LogP contribution in [-0.2, 0) is 4.74 Å². The number of halogens is 1. The van der Waals surface area contributed by atoms with Crippen LogP contribution >= 0.6 is 15.9 Å². The van der Waals surface area contributed by atoms with E-state index in [1.54, 1.807) is 24.7 Å². The van der Waals surface area contributed by atoms with Crippen molar-refractivity contribution in [3.05, 3.63) is 64.7 Å². The molecule has 1 aliphatic heterocycles. The fourth-order valence-electron chi connectivity index (χ4n) is 3.66. The van der Waals surface area contributed by atoms with Gasteiger partial charge in [-0.05, 0) is 36.8 Å². The zero-order chi connectivity index (χ0) is 20.9. The molecule has 0 spiro atoms. The van der Waals surface area contributed by atoms with E-state index in [1.165, 1.54) is 5.56 Å². The SMILES string of the molecule is CC(c1ccc(Br)cc1)N1CCN(CCOC(=O)c2cc(-c3ccoc3)n[nH]2)CC1. The molecule has 30 heavy (non-hydrogen) atoms. The zero-order valence-corrected chi connectivity index (χ0v) is 18.5. The Bertz CT molecular complexity index is 947. The van der Waals surface area contributed by atoms with Crippen LogP contribution in [0.2, 0.25) is 0 Å². The molecule has 7 nitrogen and oxygen atoms in total. The second-order valence-corrected chi connectivity index (χ2v) is 8.34. The third-order valence-electron chi connectivity index (χ3n) is 5.56. The molecule has 2 aromatic heterocycles. The molecule has 0 aliphatic carbocycles. The first-order valence-electron chi connectivity index (χ1n) is 10.1. The topological polar surface area (TPSA) is 74.6 Å². The van der Waals surface area contributed by atoms with Gasteiger partial charge < -0.3 is 9.15 Å². The molecular formula is C22H25BrN4O3. The molecule has 1 aliphatic rings. The van der Waals surface area contributed by atoms with Crippen LogP contribution in [0.4, 0.5) is 0 Å². The van der Waals surface area contributed by atoms with Gasteiger partial charge in [-0.1, -0.05) is 28.1 Å². The van der Waals surface area contributed by atoms with Crippen LogP contribution in [0, 0.1) is 0 Å². The van der Waals surface area contributed by atoms with Gasteiger partial charge in [-0.3, -0.25) is 14.9 Å². The average molecular weight is 473 g/mol. The van der Waals surface area contributed by atoms with Crippen LogP contribution in [0.5, 0.6) is 0 Å². The number of aromatic amines is 1. The first kappa shape index (κ1) is 20.8. The van der Waals surface area contributed by atoms with E-state index in [0.29, 0.717) is 24.0 Å². The Balaban J connectivity index is 1.19. The van der Waals surface area contributed by atoms with Crippen molar-refractivity contribution < 1.29 is 13.9 Å². The van der Waals surface area contributed by atoms with Crippen LogP contribution < -0.4 is 0 Å². The Morgan fingerprint density at radius 3 is 2.70 bits per heavy atom. The number of hydrogen-bond acceptors (Lipinski definition) is 6. The minimum Gasteiger partial charge on any atom is -0.472 e. The van der Waals surface area contributed by atoms with Crippen LogP contribution in [0.1, 0.15) is 29.0 Å². The van der Waals surface area contributed by atoms with Crippen molar-refractivity contribution in [3.8, 4) is 11.3 Å². The van der Waals surface area contributed by atoms with Gasteiger partial charge in [0.15, 0.2) is 0 Å².